The first kappa shape index (κ1) is 15.5. The minimum absolute atomic E-state index is 0.0535. The van der Waals surface area contributed by atoms with Crippen molar-refractivity contribution >= 4 is 0 Å². The molecule has 0 aliphatic heterocycles. The van der Waals surface area contributed by atoms with E-state index < -0.39 is 16.9 Å². The second kappa shape index (κ2) is 5.58. The Bertz CT molecular complexity index is 590. The van der Waals surface area contributed by atoms with Crippen molar-refractivity contribution in [3.8, 4) is 24.3 Å². The molecule has 0 saturated heterocycles. The number of nitrogens with zero attached hydrogens (tertiary/aromatic N) is 4. The zero-order valence-corrected chi connectivity index (χ0v) is 11.2. The molecular formula is C15H14N4O. The summed E-state index contributed by atoms with van der Waals surface area (Å²) in [4.78, 5) is 0. The lowest BCUT2D eigenvalue weighted by molar-refractivity contribution is 0.191. The molecule has 1 N–H and O–H groups in total. The maximum Gasteiger partial charge on any atom is 0.200 e. The standard InChI is InChI=1S/C15H14N4O/c1-3-4-13(20)12-5-6-14(7-16,8-17)15(9-18,10-19)11(12)2/h5,13,20H,2-4,6H2,1H3. The van der Waals surface area contributed by atoms with Crippen molar-refractivity contribution in [3.63, 3.8) is 0 Å². The largest absolute Gasteiger partial charge is 0.388 e. The summed E-state index contributed by atoms with van der Waals surface area (Å²) in [5.74, 6) is 0. The smallest absolute Gasteiger partial charge is 0.200 e. The van der Waals surface area contributed by atoms with Gasteiger partial charge in [-0.15, -0.1) is 0 Å². The molecule has 0 aromatic carbocycles. The van der Waals surface area contributed by atoms with Gasteiger partial charge in [0, 0.05) is 6.42 Å². The third kappa shape index (κ3) is 1.86. The summed E-state index contributed by atoms with van der Waals surface area (Å²) in [6.45, 7) is 5.60. The normalized spacial score (nSPS) is 20.5. The van der Waals surface area contributed by atoms with Gasteiger partial charge in [0.2, 0.25) is 0 Å². The van der Waals surface area contributed by atoms with E-state index in [2.05, 4.69) is 6.58 Å². The van der Waals surface area contributed by atoms with Crippen LogP contribution in [-0.4, -0.2) is 11.2 Å². The van der Waals surface area contributed by atoms with Gasteiger partial charge in [-0.1, -0.05) is 26.0 Å². The Labute approximate surface area is 118 Å². The Morgan fingerprint density at radius 2 is 1.80 bits per heavy atom. The van der Waals surface area contributed by atoms with Crippen molar-refractivity contribution in [3.05, 3.63) is 23.8 Å². The zero-order chi connectivity index (χ0) is 15.4. The highest BCUT2D eigenvalue weighted by Crippen LogP contribution is 2.52. The monoisotopic (exact) mass is 266 g/mol. The highest BCUT2D eigenvalue weighted by Gasteiger charge is 2.59. The van der Waals surface area contributed by atoms with Gasteiger partial charge in [0.15, 0.2) is 10.8 Å². The summed E-state index contributed by atoms with van der Waals surface area (Å²) < 4.78 is 0. The first-order valence-electron chi connectivity index (χ1n) is 6.21. The molecule has 20 heavy (non-hydrogen) atoms. The molecule has 0 spiro atoms. The fourth-order valence-electron chi connectivity index (χ4n) is 2.41. The Kier molecular flexibility index (Phi) is 4.31. The van der Waals surface area contributed by atoms with Crippen LogP contribution in [0.3, 0.4) is 0 Å². The topological polar surface area (TPSA) is 115 Å². The van der Waals surface area contributed by atoms with E-state index in [1.54, 1.807) is 30.4 Å². The van der Waals surface area contributed by atoms with Crippen LogP contribution in [0.1, 0.15) is 26.2 Å². The number of aliphatic hydroxyl groups is 1. The molecule has 100 valence electrons. The number of hydrogen-bond acceptors (Lipinski definition) is 5. The van der Waals surface area contributed by atoms with Gasteiger partial charge in [-0.25, -0.2) is 0 Å². The Balaban J connectivity index is 3.49. The molecule has 1 aliphatic rings. The maximum atomic E-state index is 10.1. The lowest BCUT2D eigenvalue weighted by atomic mass is 9.56. The van der Waals surface area contributed by atoms with E-state index in [0.717, 1.165) is 6.42 Å². The molecule has 0 fully saturated rings. The lowest BCUT2D eigenvalue weighted by Crippen LogP contribution is -2.43. The van der Waals surface area contributed by atoms with E-state index in [-0.39, 0.29) is 12.0 Å². The van der Waals surface area contributed by atoms with Gasteiger partial charge in [0.1, 0.15) is 0 Å². The third-order valence-corrected chi connectivity index (χ3v) is 3.71. The minimum atomic E-state index is -1.95. The Hall–Kier alpha value is -2.60. The Morgan fingerprint density at radius 3 is 2.20 bits per heavy atom. The molecule has 1 unspecified atom stereocenters. The highest BCUT2D eigenvalue weighted by molar-refractivity contribution is 5.56. The second-order valence-electron chi connectivity index (χ2n) is 4.75. The van der Waals surface area contributed by atoms with Crippen molar-refractivity contribution in [1.82, 2.24) is 0 Å². The second-order valence-corrected chi connectivity index (χ2v) is 4.75. The molecule has 0 amide bonds. The average molecular weight is 266 g/mol. The fourth-order valence-corrected chi connectivity index (χ4v) is 2.41. The first-order valence-corrected chi connectivity index (χ1v) is 6.21. The van der Waals surface area contributed by atoms with Gasteiger partial charge >= 0.3 is 0 Å². The molecule has 0 aromatic rings. The van der Waals surface area contributed by atoms with Crippen molar-refractivity contribution in [2.24, 2.45) is 10.8 Å². The van der Waals surface area contributed by atoms with Gasteiger partial charge in [-0.05, 0) is 17.6 Å². The SMILES string of the molecule is C=C1C(C(O)CCC)=CCC(C#N)(C#N)C1(C#N)C#N. The number of aliphatic hydroxyl groups excluding tert-OH is 1. The molecule has 0 heterocycles. The van der Waals surface area contributed by atoms with Gasteiger partial charge < -0.3 is 5.11 Å². The summed E-state index contributed by atoms with van der Waals surface area (Å²) in [5.41, 5.74) is -3.30. The maximum absolute atomic E-state index is 10.1. The predicted molar refractivity (Wildman–Crippen MR) is 70.1 cm³/mol. The van der Waals surface area contributed by atoms with Gasteiger partial charge in [0.25, 0.3) is 0 Å². The van der Waals surface area contributed by atoms with Crippen molar-refractivity contribution in [2.45, 2.75) is 32.3 Å². The first-order chi connectivity index (χ1) is 9.48. The van der Waals surface area contributed by atoms with Crippen LogP contribution in [0.15, 0.2) is 23.8 Å². The van der Waals surface area contributed by atoms with Gasteiger partial charge in [-0.3, -0.25) is 0 Å². The van der Waals surface area contributed by atoms with E-state index in [0.29, 0.717) is 12.0 Å². The van der Waals surface area contributed by atoms with Crippen molar-refractivity contribution < 1.29 is 5.11 Å². The summed E-state index contributed by atoms with van der Waals surface area (Å²) in [5, 5.41) is 47.4. The predicted octanol–water partition coefficient (Wildman–Crippen LogP) is 2.10. The van der Waals surface area contributed by atoms with E-state index in [9.17, 15) is 26.2 Å². The number of hydrogen-bond donors (Lipinski definition) is 1. The van der Waals surface area contributed by atoms with E-state index >= 15 is 0 Å². The van der Waals surface area contributed by atoms with E-state index in [1.165, 1.54) is 0 Å². The van der Waals surface area contributed by atoms with Crippen LogP contribution in [0.4, 0.5) is 0 Å². The Morgan fingerprint density at radius 1 is 1.25 bits per heavy atom. The highest BCUT2D eigenvalue weighted by atomic mass is 16.3. The molecule has 1 rings (SSSR count). The molecule has 0 bridgehead atoms. The molecule has 5 heteroatoms. The quantitative estimate of drug-likeness (QED) is 0.839. The van der Waals surface area contributed by atoms with Crippen molar-refractivity contribution in [2.75, 3.05) is 0 Å². The average Bonchev–Trinajstić information content (AvgIpc) is 2.47. The molecule has 1 atom stereocenters. The fraction of sp³-hybridized carbons (Fsp3) is 0.467. The van der Waals surface area contributed by atoms with Crippen molar-refractivity contribution in [1.29, 1.82) is 21.0 Å². The number of nitriles is 4. The molecule has 0 saturated carbocycles. The molecule has 1 aliphatic carbocycles. The van der Waals surface area contributed by atoms with E-state index in [1.807, 2.05) is 6.92 Å². The van der Waals surface area contributed by atoms with Crippen LogP contribution in [0.2, 0.25) is 0 Å². The third-order valence-electron chi connectivity index (χ3n) is 3.71. The number of rotatable bonds is 3. The summed E-state index contributed by atoms with van der Waals surface area (Å²) in [7, 11) is 0. The van der Waals surface area contributed by atoms with Gasteiger partial charge in [0.05, 0.1) is 30.4 Å². The van der Waals surface area contributed by atoms with Crippen LogP contribution < -0.4 is 0 Å². The van der Waals surface area contributed by atoms with Crippen LogP contribution in [0.5, 0.6) is 0 Å². The minimum Gasteiger partial charge on any atom is -0.388 e. The van der Waals surface area contributed by atoms with E-state index in [4.69, 9.17) is 0 Å². The van der Waals surface area contributed by atoms with Crippen LogP contribution >= 0.6 is 0 Å². The van der Waals surface area contributed by atoms with Crippen LogP contribution in [0, 0.1) is 56.2 Å². The molecule has 5 nitrogen and oxygen atoms in total. The number of allylic oxidation sites excluding steroid dienone is 1. The lowest BCUT2D eigenvalue weighted by Gasteiger charge is -2.38. The van der Waals surface area contributed by atoms with Gasteiger partial charge in [-0.2, -0.15) is 21.0 Å². The molecular weight excluding hydrogens is 252 g/mol. The summed E-state index contributed by atoms with van der Waals surface area (Å²) in [6.07, 6.45) is 1.81. The zero-order valence-electron chi connectivity index (χ0n) is 11.2. The molecule has 0 aromatic heterocycles. The van der Waals surface area contributed by atoms with Crippen LogP contribution in [-0.2, 0) is 0 Å². The molecule has 0 radical (unpaired) electrons. The summed E-state index contributed by atoms with van der Waals surface area (Å²) in [6, 6.07) is 7.14. The van der Waals surface area contributed by atoms with Crippen LogP contribution in [0.25, 0.3) is 0 Å². The summed E-state index contributed by atoms with van der Waals surface area (Å²) >= 11 is 0.